The Labute approximate surface area is 231 Å². The molecule has 5 nitrogen and oxygen atoms in total. The van der Waals surface area contributed by atoms with Crippen molar-refractivity contribution >= 4 is 28.7 Å². The number of allylic oxidation sites excluding steroid dienone is 5. The third-order valence-corrected chi connectivity index (χ3v) is 7.23. The topological polar surface area (TPSA) is 76.7 Å². The largest absolute Gasteiger partial charge is 0.463 e. The zero-order valence-electron chi connectivity index (χ0n) is 22.4. The van der Waals surface area contributed by atoms with Crippen LogP contribution in [0.5, 0.6) is 0 Å². The van der Waals surface area contributed by atoms with E-state index in [1.54, 1.807) is 24.3 Å². The number of aliphatic hydroxyl groups is 1. The molecule has 0 bridgehead atoms. The first-order valence-corrected chi connectivity index (χ1v) is 14.1. The summed E-state index contributed by atoms with van der Waals surface area (Å²) in [5.74, 6) is -1.06. The molecule has 9 heteroatoms. The minimum absolute atomic E-state index is 0.135. The third-order valence-electron chi connectivity index (χ3n) is 5.96. The monoisotopic (exact) mass is 566 g/mol. The Morgan fingerprint density at radius 3 is 2.51 bits per heavy atom. The van der Waals surface area contributed by atoms with E-state index in [1.165, 1.54) is 44.2 Å². The van der Waals surface area contributed by atoms with Gasteiger partial charge in [0.05, 0.1) is 23.8 Å². The quantitative estimate of drug-likeness (QED) is 0.0956. The van der Waals surface area contributed by atoms with Crippen LogP contribution in [0.4, 0.5) is 13.2 Å². The SMILES string of the molecule is CCCCCCCCC=CC=CC=C[C@H](Sc1ccc2c(=O)cc(C(=O)OC)oc2c1)[C@H](O)CCC(F)(F)F. The lowest BCUT2D eigenvalue weighted by atomic mass is 10.1. The van der Waals surface area contributed by atoms with E-state index in [2.05, 4.69) is 17.7 Å². The lowest BCUT2D eigenvalue weighted by Gasteiger charge is -2.20. The molecule has 0 saturated heterocycles. The fourth-order valence-corrected chi connectivity index (χ4v) is 4.91. The number of methoxy groups -OCH3 is 1. The highest BCUT2D eigenvalue weighted by atomic mass is 32.2. The number of unbranched alkanes of at least 4 members (excludes halogenated alkanes) is 6. The molecular weight excluding hydrogens is 529 g/mol. The van der Waals surface area contributed by atoms with Gasteiger partial charge in [0, 0.05) is 17.4 Å². The van der Waals surface area contributed by atoms with Crippen molar-refractivity contribution in [2.45, 2.75) is 87.1 Å². The first kappa shape index (κ1) is 32.4. The molecule has 0 aliphatic carbocycles. The van der Waals surface area contributed by atoms with Crippen molar-refractivity contribution in [3.8, 4) is 0 Å². The highest BCUT2D eigenvalue weighted by Crippen LogP contribution is 2.32. The van der Waals surface area contributed by atoms with Crippen LogP contribution in [0.25, 0.3) is 11.0 Å². The van der Waals surface area contributed by atoms with Gasteiger partial charge in [0.25, 0.3) is 0 Å². The Morgan fingerprint density at radius 1 is 1.08 bits per heavy atom. The fraction of sp³-hybridized carbons (Fsp3) is 0.467. The van der Waals surface area contributed by atoms with Crippen molar-refractivity contribution in [1.82, 2.24) is 0 Å². The van der Waals surface area contributed by atoms with E-state index in [4.69, 9.17) is 4.42 Å². The van der Waals surface area contributed by atoms with Gasteiger partial charge in [-0.05, 0) is 37.5 Å². The Bertz CT molecular complexity index is 1180. The molecule has 214 valence electrons. The van der Waals surface area contributed by atoms with Crippen LogP contribution in [0.3, 0.4) is 0 Å². The van der Waals surface area contributed by atoms with Gasteiger partial charge in [-0.25, -0.2) is 4.79 Å². The lowest BCUT2D eigenvalue weighted by Crippen LogP contribution is -2.23. The van der Waals surface area contributed by atoms with Gasteiger partial charge < -0.3 is 14.3 Å². The minimum Gasteiger partial charge on any atom is -0.463 e. The number of hydrogen-bond acceptors (Lipinski definition) is 6. The summed E-state index contributed by atoms with van der Waals surface area (Å²) in [4.78, 5) is 24.7. The predicted molar refractivity (Wildman–Crippen MR) is 150 cm³/mol. The predicted octanol–water partition coefficient (Wildman–Crippen LogP) is 8.16. The van der Waals surface area contributed by atoms with Crippen LogP contribution < -0.4 is 5.43 Å². The number of aliphatic hydroxyl groups excluding tert-OH is 1. The fourth-order valence-electron chi connectivity index (χ4n) is 3.81. The molecule has 0 amide bonds. The Balaban J connectivity index is 2.10. The molecule has 0 radical (unpaired) electrons. The van der Waals surface area contributed by atoms with Gasteiger partial charge in [0.1, 0.15) is 5.58 Å². The number of esters is 1. The zero-order chi connectivity index (χ0) is 28.7. The average molecular weight is 567 g/mol. The molecule has 0 unspecified atom stereocenters. The van der Waals surface area contributed by atoms with Crippen LogP contribution in [-0.4, -0.2) is 35.7 Å². The number of ether oxygens (including phenoxy) is 1. The van der Waals surface area contributed by atoms with Crippen LogP contribution in [0.1, 0.15) is 75.3 Å². The number of carbonyl (C=O) groups is 1. The van der Waals surface area contributed by atoms with E-state index in [0.29, 0.717) is 4.90 Å². The second-order valence-electron chi connectivity index (χ2n) is 9.18. The summed E-state index contributed by atoms with van der Waals surface area (Å²) in [5, 5.41) is 10.1. The summed E-state index contributed by atoms with van der Waals surface area (Å²) >= 11 is 1.14. The van der Waals surface area contributed by atoms with Crippen LogP contribution in [0.2, 0.25) is 0 Å². The Hall–Kier alpha value is -2.78. The van der Waals surface area contributed by atoms with E-state index in [9.17, 15) is 27.9 Å². The summed E-state index contributed by atoms with van der Waals surface area (Å²) in [6.45, 7) is 2.20. The van der Waals surface area contributed by atoms with Gasteiger partial charge in [-0.15, -0.1) is 11.8 Å². The smallest absolute Gasteiger partial charge is 0.389 e. The summed E-state index contributed by atoms with van der Waals surface area (Å²) in [5.41, 5.74) is -0.291. The van der Waals surface area contributed by atoms with Crippen molar-refractivity contribution in [1.29, 1.82) is 0 Å². The van der Waals surface area contributed by atoms with E-state index >= 15 is 0 Å². The molecule has 2 atom stereocenters. The number of thioether (sulfide) groups is 1. The van der Waals surface area contributed by atoms with E-state index in [0.717, 1.165) is 37.8 Å². The maximum atomic E-state index is 12.8. The summed E-state index contributed by atoms with van der Waals surface area (Å²) in [6, 6.07) is 5.70. The molecule has 0 saturated carbocycles. The molecule has 1 N–H and O–H groups in total. The standard InChI is InChI=1S/C30H37F3O5S/c1-3-4-5-6-7-8-9-10-11-12-13-14-15-28(24(34)18-19-30(31,32)33)39-22-16-17-23-25(35)21-27(29(36)37-2)38-26(23)20-22/h10-17,20-21,24,28,34H,3-9,18-19H2,1-2H3/t24-,28+/m1/s1. The highest BCUT2D eigenvalue weighted by molar-refractivity contribution is 8.00. The lowest BCUT2D eigenvalue weighted by molar-refractivity contribution is -0.139. The highest BCUT2D eigenvalue weighted by Gasteiger charge is 2.30. The molecule has 2 aromatic rings. The van der Waals surface area contributed by atoms with E-state index < -0.39 is 41.8 Å². The molecule has 1 aromatic heterocycles. The maximum Gasteiger partial charge on any atom is 0.389 e. The van der Waals surface area contributed by atoms with Crippen molar-refractivity contribution in [2.24, 2.45) is 0 Å². The first-order chi connectivity index (χ1) is 18.6. The van der Waals surface area contributed by atoms with Gasteiger partial charge in [-0.3, -0.25) is 4.79 Å². The molecule has 0 aliphatic rings. The average Bonchev–Trinajstić information content (AvgIpc) is 2.90. The summed E-state index contributed by atoms with van der Waals surface area (Å²) in [7, 11) is 1.16. The summed E-state index contributed by atoms with van der Waals surface area (Å²) in [6.07, 6.45) is 12.2. The van der Waals surface area contributed by atoms with Gasteiger partial charge >= 0.3 is 12.1 Å². The Kier molecular flexibility index (Phi) is 14.2. The van der Waals surface area contributed by atoms with E-state index in [-0.39, 0.29) is 16.7 Å². The molecule has 39 heavy (non-hydrogen) atoms. The van der Waals surface area contributed by atoms with Gasteiger partial charge in [0.2, 0.25) is 5.76 Å². The number of halogens is 3. The molecule has 0 aliphatic heterocycles. The molecule has 1 aromatic carbocycles. The minimum atomic E-state index is -4.38. The third kappa shape index (κ3) is 12.3. The van der Waals surface area contributed by atoms with E-state index in [1.807, 2.05) is 12.2 Å². The number of benzene rings is 1. The molecular formula is C30H37F3O5S. The molecule has 1 heterocycles. The normalized spacial score (nSPS) is 14.1. The van der Waals surface area contributed by atoms with Gasteiger partial charge in [0.15, 0.2) is 5.43 Å². The second kappa shape index (κ2) is 17.0. The van der Waals surface area contributed by atoms with Gasteiger partial charge in [-0.1, -0.05) is 75.5 Å². The number of rotatable bonds is 16. The number of hydrogen-bond donors (Lipinski definition) is 1. The van der Waals surface area contributed by atoms with Crippen LogP contribution >= 0.6 is 11.8 Å². The second-order valence-corrected chi connectivity index (χ2v) is 10.4. The van der Waals surface area contributed by atoms with Crippen LogP contribution in [0.15, 0.2) is 74.8 Å². The zero-order valence-corrected chi connectivity index (χ0v) is 23.2. The van der Waals surface area contributed by atoms with Crippen LogP contribution in [-0.2, 0) is 4.74 Å². The summed E-state index contributed by atoms with van der Waals surface area (Å²) < 4.78 is 48.4. The van der Waals surface area contributed by atoms with Crippen LogP contribution in [0, 0.1) is 0 Å². The molecule has 0 spiro atoms. The number of fused-ring (bicyclic) bond motifs is 1. The van der Waals surface area contributed by atoms with Crippen molar-refractivity contribution in [2.75, 3.05) is 7.11 Å². The molecule has 0 fully saturated rings. The number of alkyl halides is 3. The van der Waals surface area contributed by atoms with Crippen molar-refractivity contribution in [3.63, 3.8) is 0 Å². The van der Waals surface area contributed by atoms with Crippen molar-refractivity contribution in [3.05, 3.63) is 76.7 Å². The Morgan fingerprint density at radius 2 is 1.79 bits per heavy atom. The molecule has 2 rings (SSSR count). The maximum absolute atomic E-state index is 12.8. The van der Waals surface area contributed by atoms with Gasteiger partial charge in [-0.2, -0.15) is 13.2 Å². The van der Waals surface area contributed by atoms with Crippen molar-refractivity contribution < 1.29 is 32.2 Å². The first-order valence-electron chi connectivity index (χ1n) is 13.2. The number of carbonyl (C=O) groups excluding carboxylic acids is 1.